The average molecular weight is 465 g/mol. The number of rotatable bonds is 6. The lowest BCUT2D eigenvalue weighted by atomic mass is 9.92. The fraction of sp³-hybridized carbons (Fsp3) is 0.778. The summed E-state index contributed by atoms with van der Waals surface area (Å²) in [5.74, 6) is 2.25. The Kier molecular flexibility index (Phi) is 14.1. The van der Waals surface area contributed by atoms with E-state index in [4.69, 9.17) is 5.73 Å². The highest BCUT2D eigenvalue weighted by Crippen LogP contribution is 2.26. The van der Waals surface area contributed by atoms with Gasteiger partial charge in [-0.15, -0.1) is 11.8 Å². The molecule has 29 heavy (non-hydrogen) atoms. The molecule has 2 atom stereocenters. The summed E-state index contributed by atoms with van der Waals surface area (Å²) >= 11 is 4.51. The van der Waals surface area contributed by atoms with Crippen molar-refractivity contribution in [2.75, 3.05) is 47.7 Å². The molecule has 0 aromatic rings. The molecule has 8 nitrogen and oxygen atoms in total. The Hall–Kier alpha value is -1.07. The molecule has 0 aromatic carbocycles. The SMILES string of the molecule is CC(=O)NCSCC(C(N)=O)C1CCSCC(=O)NCCCCNC(=O)CSC1. The highest BCUT2D eigenvalue weighted by atomic mass is 32.2. The van der Waals surface area contributed by atoms with E-state index in [1.807, 2.05) is 0 Å². The minimum Gasteiger partial charge on any atom is -0.369 e. The number of primary amides is 1. The Morgan fingerprint density at radius 3 is 2.38 bits per heavy atom. The highest BCUT2D eigenvalue weighted by molar-refractivity contribution is 8.00. The topological polar surface area (TPSA) is 130 Å². The smallest absolute Gasteiger partial charge is 0.229 e. The van der Waals surface area contributed by atoms with Crippen molar-refractivity contribution in [2.24, 2.45) is 17.6 Å². The van der Waals surface area contributed by atoms with Gasteiger partial charge in [-0.3, -0.25) is 19.2 Å². The van der Waals surface area contributed by atoms with Crippen LogP contribution in [0.5, 0.6) is 0 Å². The van der Waals surface area contributed by atoms with Crippen LogP contribution < -0.4 is 21.7 Å². The molecule has 0 bridgehead atoms. The van der Waals surface area contributed by atoms with E-state index in [1.54, 1.807) is 11.8 Å². The van der Waals surface area contributed by atoms with E-state index in [9.17, 15) is 19.2 Å². The monoisotopic (exact) mass is 464 g/mol. The fourth-order valence-electron chi connectivity index (χ4n) is 2.70. The fourth-order valence-corrected chi connectivity index (χ4v) is 5.82. The zero-order valence-electron chi connectivity index (χ0n) is 16.9. The van der Waals surface area contributed by atoms with Gasteiger partial charge in [0, 0.05) is 25.8 Å². The summed E-state index contributed by atoms with van der Waals surface area (Å²) in [4.78, 5) is 46.9. The van der Waals surface area contributed by atoms with E-state index in [-0.39, 0.29) is 35.5 Å². The van der Waals surface area contributed by atoms with Crippen molar-refractivity contribution in [1.82, 2.24) is 16.0 Å². The van der Waals surface area contributed by atoms with Gasteiger partial charge in [0.2, 0.25) is 23.6 Å². The van der Waals surface area contributed by atoms with Crippen molar-refractivity contribution in [2.45, 2.75) is 26.2 Å². The van der Waals surface area contributed by atoms with Gasteiger partial charge in [-0.05, 0) is 36.7 Å². The predicted octanol–water partition coefficient (Wildman–Crippen LogP) is 0.414. The van der Waals surface area contributed by atoms with Gasteiger partial charge in [0.25, 0.3) is 0 Å². The first-order chi connectivity index (χ1) is 13.9. The number of carbonyl (C=O) groups is 4. The van der Waals surface area contributed by atoms with Crippen LogP contribution in [0.2, 0.25) is 0 Å². The highest BCUT2D eigenvalue weighted by Gasteiger charge is 2.26. The third-order valence-corrected chi connectivity index (χ3v) is 7.40. The molecule has 0 saturated carbocycles. The quantitative estimate of drug-likeness (QED) is 0.331. The first-order valence-electron chi connectivity index (χ1n) is 9.70. The molecule has 1 rings (SSSR count). The zero-order valence-corrected chi connectivity index (χ0v) is 19.3. The average Bonchev–Trinajstić information content (AvgIpc) is 2.65. The normalized spacial score (nSPS) is 21.5. The second-order valence-corrected chi connectivity index (χ2v) is 9.95. The maximum atomic E-state index is 12.1. The Morgan fingerprint density at radius 1 is 1.17 bits per heavy atom. The molecule has 11 heteroatoms. The van der Waals surface area contributed by atoms with Crippen LogP contribution in [0, 0.1) is 11.8 Å². The standard InChI is InChI=1S/C18H32N4O4S3/c1-13(23)22-12-29-9-15(18(19)26)14-4-7-27-10-16(24)20-5-2-3-6-21-17(25)11-28-8-14/h14-15H,2-12H2,1H3,(H2,19,26)(H,20,24)(H,21,25)(H,22,23). The molecule has 2 unspecified atom stereocenters. The predicted molar refractivity (Wildman–Crippen MR) is 122 cm³/mol. The van der Waals surface area contributed by atoms with Crippen LogP contribution >= 0.6 is 35.3 Å². The lowest BCUT2D eigenvalue weighted by Crippen LogP contribution is -2.35. The molecule has 0 spiro atoms. The van der Waals surface area contributed by atoms with E-state index in [1.165, 1.54) is 30.4 Å². The minimum absolute atomic E-state index is 0.00867. The molecular weight excluding hydrogens is 432 g/mol. The second kappa shape index (κ2) is 15.7. The first-order valence-corrected chi connectivity index (χ1v) is 13.2. The molecule has 4 amide bonds. The molecule has 5 N–H and O–H groups in total. The van der Waals surface area contributed by atoms with Crippen molar-refractivity contribution in [3.8, 4) is 0 Å². The van der Waals surface area contributed by atoms with E-state index in [0.717, 1.165) is 25.0 Å². The summed E-state index contributed by atoms with van der Waals surface area (Å²) < 4.78 is 0. The van der Waals surface area contributed by atoms with Crippen LogP contribution in [0.1, 0.15) is 26.2 Å². The molecule has 0 aliphatic carbocycles. The summed E-state index contributed by atoms with van der Waals surface area (Å²) in [6.45, 7) is 2.65. The van der Waals surface area contributed by atoms with Crippen LogP contribution in [0.25, 0.3) is 0 Å². The number of hydrogen-bond donors (Lipinski definition) is 4. The number of carbonyl (C=O) groups excluding carboxylic acids is 4. The molecule has 0 radical (unpaired) electrons. The van der Waals surface area contributed by atoms with Gasteiger partial charge in [0.15, 0.2) is 0 Å². The number of nitrogens with one attached hydrogen (secondary N) is 3. The Bertz CT molecular complexity index is 551. The van der Waals surface area contributed by atoms with Crippen molar-refractivity contribution >= 4 is 58.9 Å². The third-order valence-electron chi connectivity index (χ3n) is 4.33. The van der Waals surface area contributed by atoms with Crippen LogP contribution in [0.3, 0.4) is 0 Å². The summed E-state index contributed by atoms with van der Waals surface area (Å²) in [5, 5.41) is 8.46. The second-order valence-electron chi connectivity index (χ2n) is 6.78. The van der Waals surface area contributed by atoms with Gasteiger partial charge < -0.3 is 21.7 Å². The molecule has 1 aliphatic rings. The van der Waals surface area contributed by atoms with E-state index >= 15 is 0 Å². The minimum atomic E-state index is -0.368. The van der Waals surface area contributed by atoms with E-state index in [2.05, 4.69) is 16.0 Å². The largest absolute Gasteiger partial charge is 0.369 e. The number of amides is 4. The molecule has 1 heterocycles. The third kappa shape index (κ3) is 13.0. The number of nitrogens with two attached hydrogens (primary N) is 1. The van der Waals surface area contributed by atoms with Crippen LogP contribution in [-0.4, -0.2) is 71.4 Å². The summed E-state index contributed by atoms with van der Waals surface area (Å²) in [6, 6.07) is 0. The van der Waals surface area contributed by atoms with Gasteiger partial charge in [-0.2, -0.15) is 23.5 Å². The molecule has 166 valence electrons. The van der Waals surface area contributed by atoms with Crippen molar-refractivity contribution in [3.05, 3.63) is 0 Å². The van der Waals surface area contributed by atoms with E-state index < -0.39 is 0 Å². The van der Waals surface area contributed by atoms with Crippen molar-refractivity contribution in [1.29, 1.82) is 0 Å². The lowest BCUT2D eigenvalue weighted by Gasteiger charge is -2.24. The molecule has 1 aliphatic heterocycles. The van der Waals surface area contributed by atoms with Crippen molar-refractivity contribution in [3.63, 3.8) is 0 Å². The number of thioether (sulfide) groups is 3. The van der Waals surface area contributed by atoms with Gasteiger partial charge >= 0.3 is 0 Å². The number of hydrogen-bond acceptors (Lipinski definition) is 7. The van der Waals surface area contributed by atoms with E-state index in [0.29, 0.717) is 42.0 Å². The zero-order chi connectivity index (χ0) is 21.5. The first kappa shape index (κ1) is 26.0. The van der Waals surface area contributed by atoms with Crippen molar-refractivity contribution < 1.29 is 19.2 Å². The van der Waals surface area contributed by atoms with Crippen LogP contribution in [-0.2, 0) is 19.2 Å². The van der Waals surface area contributed by atoms with Gasteiger partial charge in [0.1, 0.15) is 0 Å². The van der Waals surface area contributed by atoms with Crippen LogP contribution in [0.4, 0.5) is 0 Å². The maximum Gasteiger partial charge on any atom is 0.229 e. The van der Waals surface area contributed by atoms with Gasteiger partial charge in [-0.25, -0.2) is 0 Å². The Morgan fingerprint density at radius 2 is 1.79 bits per heavy atom. The summed E-state index contributed by atoms with van der Waals surface area (Å²) in [5.41, 5.74) is 5.66. The molecular formula is C18H32N4O4S3. The maximum absolute atomic E-state index is 12.1. The van der Waals surface area contributed by atoms with Crippen LogP contribution in [0.15, 0.2) is 0 Å². The van der Waals surface area contributed by atoms with Gasteiger partial charge in [-0.1, -0.05) is 0 Å². The summed E-state index contributed by atoms with van der Waals surface area (Å²) in [7, 11) is 0. The molecule has 1 fully saturated rings. The molecule has 1 saturated heterocycles. The molecule has 0 aromatic heterocycles. The summed E-state index contributed by atoms with van der Waals surface area (Å²) in [6.07, 6.45) is 2.39. The Balaban J connectivity index is 2.66. The Labute approximate surface area is 185 Å². The lowest BCUT2D eigenvalue weighted by molar-refractivity contribution is -0.122. The van der Waals surface area contributed by atoms with Gasteiger partial charge in [0.05, 0.1) is 23.3 Å².